The molecule has 0 spiro atoms. The van der Waals surface area contributed by atoms with Crippen LogP contribution in [0.1, 0.15) is 35.5 Å². The van der Waals surface area contributed by atoms with Crippen LogP contribution in [0.5, 0.6) is 0 Å². The van der Waals surface area contributed by atoms with Crippen molar-refractivity contribution in [2.24, 2.45) is 0 Å². The lowest BCUT2D eigenvalue weighted by molar-refractivity contribution is 0.102. The first-order chi connectivity index (χ1) is 10.1. The second kappa shape index (κ2) is 7.05. The minimum absolute atomic E-state index is 0.228. The van der Waals surface area contributed by atoms with Crippen molar-refractivity contribution in [1.82, 2.24) is 4.98 Å². The highest BCUT2D eigenvalue weighted by Gasteiger charge is 2.15. The van der Waals surface area contributed by atoms with Crippen molar-refractivity contribution in [1.29, 1.82) is 0 Å². The lowest BCUT2D eigenvalue weighted by Gasteiger charge is -2.15. The number of nitrogens with one attached hydrogen (secondary N) is 1. The SMILES string of the molecule is CCc1ccc(Cl)c(CC)c1NC(=O)c1ccc(Br)cn1. The van der Waals surface area contributed by atoms with Gasteiger partial charge in [-0.15, -0.1) is 0 Å². The van der Waals surface area contributed by atoms with Gasteiger partial charge < -0.3 is 5.32 Å². The maximum atomic E-state index is 12.3. The number of hydrogen-bond donors (Lipinski definition) is 1. The van der Waals surface area contributed by atoms with Crippen molar-refractivity contribution in [2.45, 2.75) is 26.7 Å². The maximum absolute atomic E-state index is 12.3. The Morgan fingerprint density at radius 3 is 2.57 bits per heavy atom. The minimum atomic E-state index is -0.228. The monoisotopic (exact) mass is 366 g/mol. The molecule has 0 saturated carbocycles. The first kappa shape index (κ1) is 16.0. The molecule has 1 aromatic heterocycles. The number of aromatic nitrogens is 1. The van der Waals surface area contributed by atoms with E-state index in [1.807, 2.05) is 19.1 Å². The molecule has 3 nitrogen and oxygen atoms in total. The van der Waals surface area contributed by atoms with Gasteiger partial charge in [-0.1, -0.05) is 31.5 Å². The molecule has 0 aliphatic carbocycles. The van der Waals surface area contributed by atoms with Gasteiger partial charge in [-0.05, 0) is 58.1 Å². The predicted octanol–water partition coefficient (Wildman–Crippen LogP) is 4.87. The summed E-state index contributed by atoms with van der Waals surface area (Å²) in [4.78, 5) is 16.5. The molecule has 1 amide bonds. The van der Waals surface area contributed by atoms with Gasteiger partial charge in [0.25, 0.3) is 5.91 Å². The van der Waals surface area contributed by atoms with Crippen molar-refractivity contribution in [3.8, 4) is 0 Å². The Labute approximate surface area is 137 Å². The number of halogens is 2. The van der Waals surface area contributed by atoms with Gasteiger partial charge in [-0.3, -0.25) is 4.79 Å². The quantitative estimate of drug-likeness (QED) is 0.837. The number of anilines is 1. The fraction of sp³-hybridized carbons (Fsp3) is 0.250. The fourth-order valence-corrected chi connectivity index (χ4v) is 2.68. The Morgan fingerprint density at radius 1 is 1.24 bits per heavy atom. The van der Waals surface area contributed by atoms with Crippen molar-refractivity contribution >= 4 is 39.1 Å². The molecule has 0 bridgehead atoms. The zero-order valence-corrected chi connectivity index (χ0v) is 14.3. The van der Waals surface area contributed by atoms with Crippen molar-refractivity contribution in [2.75, 3.05) is 5.32 Å². The fourth-order valence-electron chi connectivity index (χ4n) is 2.15. The first-order valence-corrected chi connectivity index (χ1v) is 7.97. The van der Waals surface area contributed by atoms with Gasteiger partial charge in [0.15, 0.2) is 0 Å². The number of carbonyl (C=O) groups excluding carboxylic acids is 1. The van der Waals surface area contributed by atoms with Gasteiger partial charge >= 0.3 is 0 Å². The Kier molecular flexibility index (Phi) is 5.37. The summed E-state index contributed by atoms with van der Waals surface area (Å²) < 4.78 is 0.838. The molecule has 5 heteroatoms. The number of pyridine rings is 1. The molecule has 110 valence electrons. The molecule has 0 atom stereocenters. The van der Waals surface area contributed by atoms with E-state index in [-0.39, 0.29) is 5.91 Å². The van der Waals surface area contributed by atoms with Gasteiger partial charge in [0.05, 0.1) is 0 Å². The third kappa shape index (κ3) is 3.63. The second-order valence-corrected chi connectivity index (χ2v) is 5.91. The van der Waals surface area contributed by atoms with E-state index in [0.717, 1.165) is 34.1 Å². The number of carbonyl (C=O) groups is 1. The van der Waals surface area contributed by atoms with Gasteiger partial charge in [0, 0.05) is 21.4 Å². The summed E-state index contributed by atoms with van der Waals surface area (Å²) in [6.07, 6.45) is 3.19. The second-order valence-electron chi connectivity index (χ2n) is 4.58. The van der Waals surface area contributed by atoms with E-state index in [9.17, 15) is 4.79 Å². The predicted molar refractivity (Wildman–Crippen MR) is 90.1 cm³/mol. The van der Waals surface area contributed by atoms with E-state index in [1.54, 1.807) is 18.3 Å². The molecule has 0 aliphatic heterocycles. The Balaban J connectivity index is 2.36. The number of rotatable bonds is 4. The van der Waals surface area contributed by atoms with E-state index in [0.29, 0.717) is 10.7 Å². The van der Waals surface area contributed by atoms with Crippen LogP contribution >= 0.6 is 27.5 Å². The number of amides is 1. The number of nitrogens with zero attached hydrogens (tertiary/aromatic N) is 1. The normalized spacial score (nSPS) is 10.5. The molecule has 1 N–H and O–H groups in total. The molecule has 2 aromatic rings. The largest absolute Gasteiger partial charge is 0.320 e. The van der Waals surface area contributed by atoms with E-state index in [4.69, 9.17) is 11.6 Å². The maximum Gasteiger partial charge on any atom is 0.274 e. The standard InChI is InChI=1S/C16H16BrClN2O/c1-3-10-5-7-13(18)12(4-2)15(10)20-16(21)14-8-6-11(17)9-19-14/h5-9H,3-4H2,1-2H3,(H,20,21). The molecule has 1 heterocycles. The molecule has 1 aromatic carbocycles. The van der Waals surface area contributed by atoms with Crippen LogP contribution in [0.25, 0.3) is 0 Å². The van der Waals surface area contributed by atoms with Crippen LogP contribution in [0.3, 0.4) is 0 Å². The Hall–Kier alpha value is -1.39. The average Bonchev–Trinajstić information content (AvgIpc) is 2.48. The van der Waals surface area contributed by atoms with Gasteiger partial charge in [0.1, 0.15) is 5.69 Å². The molecule has 0 saturated heterocycles. The topological polar surface area (TPSA) is 42.0 Å². The lowest BCUT2D eigenvalue weighted by atomic mass is 10.0. The summed E-state index contributed by atoms with van der Waals surface area (Å²) in [7, 11) is 0. The molecule has 0 aliphatic rings. The molecule has 21 heavy (non-hydrogen) atoms. The highest BCUT2D eigenvalue weighted by atomic mass is 79.9. The molecular weight excluding hydrogens is 352 g/mol. The third-order valence-electron chi connectivity index (χ3n) is 3.28. The van der Waals surface area contributed by atoms with E-state index >= 15 is 0 Å². The van der Waals surface area contributed by atoms with E-state index in [1.165, 1.54) is 0 Å². The van der Waals surface area contributed by atoms with Gasteiger partial charge in [-0.25, -0.2) is 4.98 Å². The Morgan fingerprint density at radius 2 is 2.00 bits per heavy atom. The summed E-state index contributed by atoms with van der Waals surface area (Å²) >= 11 is 9.54. The minimum Gasteiger partial charge on any atom is -0.320 e. The zero-order chi connectivity index (χ0) is 15.4. The lowest BCUT2D eigenvalue weighted by Crippen LogP contribution is -2.16. The highest BCUT2D eigenvalue weighted by molar-refractivity contribution is 9.10. The van der Waals surface area contributed by atoms with Crippen LogP contribution in [0.4, 0.5) is 5.69 Å². The third-order valence-corrected chi connectivity index (χ3v) is 4.10. The Bertz CT molecular complexity index is 656. The molecule has 2 rings (SSSR count). The highest BCUT2D eigenvalue weighted by Crippen LogP contribution is 2.29. The van der Waals surface area contributed by atoms with Crippen LogP contribution in [-0.2, 0) is 12.8 Å². The van der Waals surface area contributed by atoms with Crippen molar-refractivity contribution < 1.29 is 4.79 Å². The van der Waals surface area contributed by atoms with Crippen LogP contribution in [-0.4, -0.2) is 10.9 Å². The van der Waals surface area contributed by atoms with Crippen LogP contribution in [0.15, 0.2) is 34.9 Å². The molecule has 0 fully saturated rings. The zero-order valence-electron chi connectivity index (χ0n) is 11.9. The summed E-state index contributed by atoms with van der Waals surface area (Å²) in [6.45, 7) is 4.07. The summed E-state index contributed by atoms with van der Waals surface area (Å²) in [5.41, 5.74) is 3.22. The number of aryl methyl sites for hydroxylation is 1. The number of benzene rings is 1. The summed E-state index contributed by atoms with van der Waals surface area (Å²) in [6, 6.07) is 7.31. The van der Waals surface area contributed by atoms with E-state index in [2.05, 4.69) is 33.2 Å². The van der Waals surface area contributed by atoms with Crippen LogP contribution in [0.2, 0.25) is 5.02 Å². The van der Waals surface area contributed by atoms with Gasteiger partial charge in [-0.2, -0.15) is 0 Å². The summed E-state index contributed by atoms with van der Waals surface area (Å²) in [5.74, 6) is -0.228. The number of hydrogen-bond acceptors (Lipinski definition) is 2. The first-order valence-electron chi connectivity index (χ1n) is 6.80. The smallest absolute Gasteiger partial charge is 0.274 e. The average molecular weight is 368 g/mol. The summed E-state index contributed by atoms with van der Waals surface area (Å²) in [5, 5.41) is 3.63. The van der Waals surface area contributed by atoms with Gasteiger partial charge in [0.2, 0.25) is 0 Å². The van der Waals surface area contributed by atoms with Crippen molar-refractivity contribution in [3.05, 3.63) is 56.8 Å². The molecule has 0 unspecified atom stereocenters. The van der Waals surface area contributed by atoms with Crippen LogP contribution in [0, 0.1) is 0 Å². The molecular formula is C16H16BrClN2O. The van der Waals surface area contributed by atoms with Crippen molar-refractivity contribution in [3.63, 3.8) is 0 Å². The van der Waals surface area contributed by atoms with E-state index < -0.39 is 0 Å². The van der Waals surface area contributed by atoms with Crippen LogP contribution < -0.4 is 5.32 Å². The molecule has 0 radical (unpaired) electrons.